The van der Waals surface area contributed by atoms with Gasteiger partial charge < -0.3 is 10.6 Å². The molecule has 1 unspecified atom stereocenters. The summed E-state index contributed by atoms with van der Waals surface area (Å²) in [6.07, 6.45) is 0. The quantitative estimate of drug-likeness (QED) is 0.882. The van der Waals surface area contributed by atoms with Crippen LogP contribution in [0.5, 0.6) is 0 Å². The van der Waals surface area contributed by atoms with Gasteiger partial charge in [0.25, 0.3) is 0 Å². The van der Waals surface area contributed by atoms with Crippen LogP contribution in [-0.4, -0.2) is 42.4 Å². The van der Waals surface area contributed by atoms with E-state index < -0.39 is 11.6 Å². The standard InChI is InChI=1S/C15H19F2N3O2/c1-9(2)14-15(22)18-5-6-20(14)8-13(21)19-10-3-4-11(16)12(17)7-10/h3-4,7,9,14H,5-6,8H2,1-2H3,(H,18,22)(H,19,21). The van der Waals surface area contributed by atoms with E-state index in [1.807, 2.05) is 13.8 Å². The first-order valence-electron chi connectivity index (χ1n) is 7.15. The molecule has 0 saturated carbocycles. The first-order valence-corrected chi connectivity index (χ1v) is 7.15. The topological polar surface area (TPSA) is 61.4 Å². The van der Waals surface area contributed by atoms with E-state index in [4.69, 9.17) is 0 Å². The van der Waals surface area contributed by atoms with E-state index in [1.165, 1.54) is 6.07 Å². The Morgan fingerprint density at radius 3 is 2.77 bits per heavy atom. The normalized spacial score (nSPS) is 19.1. The number of benzene rings is 1. The number of nitrogens with zero attached hydrogens (tertiary/aromatic N) is 1. The van der Waals surface area contributed by atoms with Crippen molar-refractivity contribution in [3.8, 4) is 0 Å². The van der Waals surface area contributed by atoms with Gasteiger partial charge in [-0.15, -0.1) is 0 Å². The van der Waals surface area contributed by atoms with E-state index in [0.717, 1.165) is 12.1 Å². The molecule has 0 spiro atoms. The zero-order valence-electron chi connectivity index (χ0n) is 12.5. The minimum absolute atomic E-state index is 0.0231. The molecule has 1 saturated heterocycles. The molecule has 22 heavy (non-hydrogen) atoms. The molecule has 120 valence electrons. The number of nitrogens with one attached hydrogen (secondary N) is 2. The van der Waals surface area contributed by atoms with Crippen molar-refractivity contribution >= 4 is 17.5 Å². The van der Waals surface area contributed by atoms with Gasteiger partial charge in [0.05, 0.1) is 12.6 Å². The number of amides is 2. The van der Waals surface area contributed by atoms with Crippen molar-refractivity contribution in [3.05, 3.63) is 29.8 Å². The van der Waals surface area contributed by atoms with Crippen LogP contribution in [0.3, 0.4) is 0 Å². The van der Waals surface area contributed by atoms with Gasteiger partial charge in [0.1, 0.15) is 0 Å². The van der Waals surface area contributed by atoms with Crippen molar-refractivity contribution in [2.75, 3.05) is 25.0 Å². The zero-order valence-corrected chi connectivity index (χ0v) is 12.5. The summed E-state index contributed by atoms with van der Waals surface area (Å²) in [7, 11) is 0. The smallest absolute Gasteiger partial charge is 0.238 e. The summed E-state index contributed by atoms with van der Waals surface area (Å²) in [5.74, 6) is -2.38. The lowest BCUT2D eigenvalue weighted by Crippen LogP contribution is -2.58. The van der Waals surface area contributed by atoms with Gasteiger partial charge in [-0.25, -0.2) is 8.78 Å². The molecule has 1 aliphatic rings. The van der Waals surface area contributed by atoms with E-state index in [-0.39, 0.29) is 36.0 Å². The van der Waals surface area contributed by atoms with E-state index in [9.17, 15) is 18.4 Å². The van der Waals surface area contributed by atoms with Crippen molar-refractivity contribution in [1.82, 2.24) is 10.2 Å². The predicted molar refractivity (Wildman–Crippen MR) is 78.2 cm³/mol. The highest BCUT2D eigenvalue weighted by molar-refractivity contribution is 5.93. The summed E-state index contributed by atoms with van der Waals surface area (Å²) >= 11 is 0. The van der Waals surface area contributed by atoms with Gasteiger partial charge in [-0.3, -0.25) is 14.5 Å². The van der Waals surface area contributed by atoms with Crippen LogP contribution in [0.4, 0.5) is 14.5 Å². The lowest BCUT2D eigenvalue weighted by Gasteiger charge is -2.36. The van der Waals surface area contributed by atoms with Gasteiger partial charge in [-0.2, -0.15) is 0 Å². The second kappa shape index (κ2) is 6.83. The number of rotatable bonds is 4. The van der Waals surface area contributed by atoms with Crippen molar-refractivity contribution in [2.24, 2.45) is 5.92 Å². The molecule has 0 aromatic heterocycles. The molecule has 2 amide bonds. The van der Waals surface area contributed by atoms with E-state index in [0.29, 0.717) is 13.1 Å². The maximum Gasteiger partial charge on any atom is 0.238 e. The molecule has 0 aliphatic carbocycles. The molecule has 1 atom stereocenters. The number of carbonyl (C=O) groups excluding carboxylic acids is 2. The van der Waals surface area contributed by atoms with Crippen LogP contribution >= 0.6 is 0 Å². The van der Waals surface area contributed by atoms with E-state index in [1.54, 1.807) is 4.90 Å². The Labute approximate surface area is 127 Å². The second-order valence-electron chi connectivity index (χ2n) is 5.63. The van der Waals surface area contributed by atoms with Crippen LogP contribution in [0.1, 0.15) is 13.8 Å². The molecule has 7 heteroatoms. The highest BCUT2D eigenvalue weighted by atomic mass is 19.2. The lowest BCUT2D eigenvalue weighted by molar-refractivity contribution is -0.132. The molecule has 2 N–H and O–H groups in total. The fourth-order valence-corrected chi connectivity index (χ4v) is 2.59. The monoisotopic (exact) mass is 311 g/mol. The third kappa shape index (κ3) is 3.79. The van der Waals surface area contributed by atoms with E-state index in [2.05, 4.69) is 10.6 Å². The molecular formula is C15H19F2N3O2. The van der Waals surface area contributed by atoms with Crippen LogP contribution in [0, 0.1) is 17.6 Å². The first kappa shape index (κ1) is 16.4. The summed E-state index contributed by atoms with van der Waals surface area (Å²) in [5.41, 5.74) is 0.187. The van der Waals surface area contributed by atoms with Gasteiger partial charge in [-0.05, 0) is 18.1 Å². The number of hydrogen-bond acceptors (Lipinski definition) is 3. The Bertz CT molecular complexity index is 578. The number of hydrogen-bond donors (Lipinski definition) is 2. The van der Waals surface area contributed by atoms with Crippen molar-refractivity contribution in [2.45, 2.75) is 19.9 Å². The SMILES string of the molecule is CC(C)C1C(=O)NCCN1CC(=O)Nc1ccc(F)c(F)c1. The Kier molecular flexibility index (Phi) is 5.07. The zero-order chi connectivity index (χ0) is 16.3. The van der Waals surface area contributed by atoms with Crippen LogP contribution in [0.15, 0.2) is 18.2 Å². The molecular weight excluding hydrogens is 292 g/mol. The highest BCUT2D eigenvalue weighted by Crippen LogP contribution is 2.16. The Hall–Kier alpha value is -2.02. The fraction of sp³-hybridized carbons (Fsp3) is 0.467. The van der Waals surface area contributed by atoms with Gasteiger partial charge in [0.2, 0.25) is 11.8 Å². The number of halogens is 2. The van der Waals surface area contributed by atoms with Gasteiger partial charge in [0.15, 0.2) is 11.6 Å². The molecule has 1 fully saturated rings. The fourth-order valence-electron chi connectivity index (χ4n) is 2.59. The van der Waals surface area contributed by atoms with Crippen LogP contribution in [0.2, 0.25) is 0 Å². The molecule has 0 radical (unpaired) electrons. The maximum atomic E-state index is 13.1. The highest BCUT2D eigenvalue weighted by Gasteiger charge is 2.33. The van der Waals surface area contributed by atoms with E-state index >= 15 is 0 Å². The lowest BCUT2D eigenvalue weighted by atomic mass is 10.00. The van der Waals surface area contributed by atoms with Crippen LogP contribution in [0.25, 0.3) is 0 Å². The van der Waals surface area contributed by atoms with Crippen LogP contribution < -0.4 is 10.6 Å². The minimum Gasteiger partial charge on any atom is -0.353 e. The molecule has 1 heterocycles. The van der Waals surface area contributed by atoms with Crippen molar-refractivity contribution in [1.29, 1.82) is 0 Å². The molecule has 0 bridgehead atoms. The average Bonchev–Trinajstić information content (AvgIpc) is 2.42. The van der Waals surface area contributed by atoms with Gasteiger partial charge in [-0.1, -0.05) is 13.8 Å². The Morgan fingerprint density at radius 2 is 2.14 bits per heavy atom. The summed E-state index contributed by atoms with van der Waals surface area (Å²) in [4.78, 5) is 25.7. The maximum absolute atomic E-state index is 13.1. The number of carbonyl (C=O) groups is 2. The largest absolute Gasteiger partial charge is 0.353 e. The predicted octanol–water partition coefficient (Wildman–Crippen LogP) is 1.36. The summed E-state index contributed by atoms with van der Waals surface area (Å²) in [6, 6.07) is 2.80. The summed E-state index contributed by atoms with van der Waals surface area (Å²) in [5, 5.41) is 5.29. The van der Waals surface area contributed by atoms with Gasteiger partial charge >= 0.3 is 0 Å². The third-order valence-corrected chi connectivity index (χ3v) is 3.54. The molecule has 1 aliphatic heterocycles. The summed E-state index contributed by atoms with van der Waals surface area (Å²) < 4.78 is 26.0. The number of piperazine rings is 1. The molecule has 1 aromatic rings. The van der Waals surface area contributed by atoms with Gasteiger partial charge in [0, 0.05) is 24.8 Å². The second-order valence-corrected chi connectivity index (χ2v) is 5.63. The van der Waals surface area contributed by atoms with Crippen molar-refractivity contribution < 1.29 is 18.4 Å². The summed E-state index contributed by atoms with van der Waals surface area (Å²) in [6.45, 7) is 4.90. The minimum atomic E-state index is -1.02. The Balaban J connectivity index is 2.01. The average molecular weight is 311 g/mol. The van der Waals surface area contributed by atoms with Crippen molar-refractivity contribution in [3.63, 3.8) is 0 Å². The number of anilines is 1. The molecule has 1 aromatic carbocycles. The third-order valence-electron chi connectivity index (χ3n) is 3.54. The Morgan fingerprint density at radius 1 is 1.41 bits per heavy atom. The first-order chi connectivity index (χ1) is 10.4. The molecule has 2 rings (SSSR count). The van der Waals surface area contributed by atoms with Crippen LogP contribution in [-0.2, 0) is 9.59 Å². The molecule has 5 nitrogen and oxygen atoms in total.